The summed E-state index contributed by atoms with van der Waals surface area (Å²) in [5.41, 5.74) is 0.996. The van der Waals surface area contributed by atoms with Gasteiger partial charge in [-0.05, 0) is 39.0 Å². The number of ether oxygens (including phenoxy) is 2. The molecule has 0 radical (unpaired) electrons. The summed E-state index contributed by atoms with van der Waals surface area (Å²) in [5.74, 6) is 0.727. The number of rotatable bonds is 4. The summed E-state index contributed by atoms with van der Waals surface area (Å²) in [6.07, 6.45) is 2.88. The maximum absolute atomic E-state index is 12.6. The molecule has 0 unspecified atom stereocenters. The van der Waals surface area contributed by atoms with Gasteiger partial charge in [0.05, 0.1) is 25.5 Å². The average Bonchev–Trinajstić information content (AvgIpc) is 2.52. The Kier molecular flexibility index (Phi) is 5.21. The Bertz CT molecular complexity index is 651. The van der Waals surface area contributed by atoms with Crippen LogP contribution in [0.3, 0.4) is 0 Å². The monoisotopic (exact) mass is 314 g/mol. The number of carbonyl (C=O) groups is 1. The molecule has 0 aliphatic rings. The summed E-state index contributed by atoms with van der Waals surface area (Å²) in [6.45, 7) is 5.87. The lowest BCUT2D eigenvalue weighted by atomic mass is 10.2. The van der Waals surface area contributed by atoms with Crippen LogP contribution < -0.4 is 9.64 Å². The van der Waals surface area contributed by atoms with Crippen LogP contribution in [-0.2, 0) is 11.3 Å². The fraction of sp³-hybridized carbons (Fsp3) is 0.333. The zero-order valence-corrected chi connectivity index (χ0v) is 13.9. The number of hydrogen-bond donors (Lipinski definition) is 0. The molecule has 0 atom stereocenters. The topological polar surface area (TPSA) is 51.7 Å². The molecule has 0 saturated carbocycles. The van der Waals surface area contributed by atoms with Crippen molar-refractivity contribution in [1.82, 2.24) is 4.98 Å². The third-order valence-corrected chi connectivity index (χ3v) is 3.09. The molecule has 0 aliphatic carbocycles. The minimum atomic E-state index is -0.571. The third-order valence-electron chi connectivity index (χ3n) is 3.09. The van der Waals surface area contributed by atoms with E-state index in [4.69, 9.17) is 9.47 Å². The maximum Gasteiger partial charge on any atom is 0.415 e. The van der Waals surface area contributed by atoms with Gasteiger partial charge in [-0.1, -0.05) is 18.2 Å². The van der Waals surface area contributed by atoms with Crippen LogP contribution >= 0.6 is 0 Å². The quantitative estimate of drug-likeness (QED) is 0.855. The number of hydrogen-bond acceptors (Lipinski definition) is 4. The summed E-state index contributed by atoms with van der Waals surface area (Å²) in [5, 5.41) is 0. The molecule has 0 aliphatic heterocycles. The molecule has 0 spiro atoms. The van der Waals surface area contributed by atoms with Crippen LogP contribution in [-0.4, -0.2) is 23.8 Å². The van der Waals surface area contributed by atoms with Crippen molar-refractivity contribution in [3.8, 4) is 5.75 Å². The number of amides is 1. The van der Waals surface area contributed by atoms with Crippen molar-refractivity contribution < 1.29 is 14.3 Å². The molecule has 23 heavy (non-hydrogen) atoms. The van der Waals surface area contributed by atoms with E-state index in [0.717, 1.165) is 11.3 Å². The van der Waals surface area contributed by atoms with Crippen LogP contribution in [0.5, 0.6) is 5.75 Å². The molecule has 5 heteroatoms. The number of pyridine rings is 1. The SMILES string of the molecule is COc1ccccc1CN(C(=O)OC(C)(C)C)c1cccnc1. The second kappa shape index (κ2) is 7.13. The smallest absolute Gasteiger partial charge is 0.415 e. The van der Waals surface area contributed by atoms with Crippen molar-refractivity contribution in [1.29, 1.82) is 0 Å². The highest BCUT2D eigenvalue weighted by Gasteiger charge is 2.24. The molecule has 1 aromatic carbocycles. The largest absolute Gasteiger partial charge is 0.496 e. The van der Waals surface area contributed by atoms with Gasteiger partial charge in [-0.25, -0.2) is 4.79 Å². The molecular weight excluding hydrogens is 292 g/mol. The highest BCUT2D eigenvalue weighted by molar-refractivity contribution is 5.87. The van der Waals surface area contributed by atoms with Crippen LogP contribution in [0.2, 0.25) is 0 Å². The molecule has 122 valence electrons. The van der Waals surface area contributed by atoms with E-state index in [1.807, 2.05) is 51.1 Å². The zero-order valence-electron chi connectivity index (χ0n) is 13.9. The van der Waals surface area contributed by atoms with Gasteiger partial charge in [-0.3, -0.25) is 9.88 Å². The lowest BCUT2D eigenvalue weighted by Crippen LogP contribution is -2.36. The summed E-state index contributed by atoms with van der Waals surface area (Å²) >= 11 is 0. The van der Waals surface area contributed by atoms with Gasteiger partial charge < -0.3 is 9.47 Å². The first-order valence-corrected chi connectivity index (χ1v) is 7.43. The van der Waals surface area contributed by atoms with E-state index in [2.05, 4.69) is 4.98 Å². The van der Waals surface area contributed by atoms with Gasteiger partial charge in [-0.15, -0.1) is 0 Å². The molecule has 2 rings (SSSR count). The lowest BCUT2D eigenvalue weighted by molar-refractivity contribution is 0.0577. The molecular formula is C18H22N2O3. The second-order valence-corrected chi connectivity index (χ2v) is 6.09. The second-order valence-electron chi connectivity index (χ2n) is 6.09. The Hall–Kier alpha value is -2.56. The Morgan fingerprint density at radius 1 is 1.17 bits per heavy atom. The Morgan fingerprint density at radius 3 is 2.52 bits per heavy atom. The molecule has 1 amide bonds. The van der Waals surface area contributed by atoms with Gasteiger partial charge >= 0.3 is 6.09 Å². The van der Waals surface area contributed by atoms with Crippen molar-refractivity contribution in [2.75, 3.05) is 12.0 Å². The van der Waals surface area contributed by atoms with Crippen molar-refractivity contribution in [2.45, 2.75) is 32.9 Å². The van der Waals surface area contributed by atoms with Gasteiger partial charge in [0.2, 0.25) is 0 Å². The molecule has 0 fully saturated rings. The summed E-state index contributed by atoms with van der Waals surface area (Å²) in [4.78, 5) is 18.2. The number of nitrogens with zero attached hydrogens (tertiary/aromatic N) is 2. The van der Waals surface area contributed by atoms with Crippen LogP contribution in [0.25, 0.3) is 0 Å². The number of para-hydroxylation sites is 1. The fourth-order valence-corrected chi connectivity index (χ4v) is 2.10. The Morgan fingerprint density at radius 2 is 1.91 bits per heavy atom. The van der Waals surface area contributed by atoms with E-state index in [0.29, 0.717) is 12.2 Å². The van der Waals surface area contributed by atoms with Crippen molar-refractivity contribution in [3.05, 3.63) is 54.4 Å². The first-order chi connectivity index (χ1) is 10.9. The predicted molar refractivity (Wildman–Crippen MR) is 89.6 cm³/mol. The van der Waals surface area contributed by atoms with Gasteiger partial charge in [0, 0.05) is 11.8 Å². The number of methoxy groups -OCH3 is 1. The highest BCUT2D eigenvalue weighted by Crippen LogP contribution is 2.24. The molecule has 1 heterocycles. The van der Waals surface area contributed by atoms with Crippen LogP contribution in [0.15, 0.2) is 48.8 Å². The summed E-state index contributed by atoms with van der Waals surface area (Å²) in [7, 11) is 1.61. The van der Waals surface area contributed by atoms with Crippen molar-refractivity contribution in [2.24, 2.45) is 0 Å². The maximum atomic E-state index is 12.6. The minimum Gasteiger partial charge on any atom is -0.496 e. The lowest BCUT2D eigenvalue weighted by Gasteiger charge is -2.27. The summed E-state index contributed by atoms with van der Waals surface area (Å²) in [6, 6.07) is 11.2. The Balaban J connectivity index is 2.32. The van der Waals surface area contributed by atoms with Gasteiger partial charge in [0.1, 0.15) is 11.4 Å². The van der Waals surface area contributed by atoms with Crippen LogP contribution in [0, 0.1) is 0 Å². The van der Waals surface area contributed by atoms with Crippen LogP contribution in [0.1, 0.15) is 26.3 Å². The normalized spacial score (nSPS) is 11.0. The highest BCUT2D eigenvalue weighted by atomic mass is 16.6. The number of carbonyl (C=O) groups excluding carboxylic acids is 1. The first kappa shape index (κ1) is 16.8. The number of benzene rings is 1. The van der Waals surface area contributed by atoms with Gasteiger partial charge in [-0.2, -0.15) is 0 Å². The third kappa shape index (κ3) is 4.71. The fourth-order valence-electron chi connectivity index (χ4n) is 2.10. The van der Waals surface area contributed by atoms with E-state index in [1.165, 1.54) is 0 Å². The van der Waals surface area contributed by atoms with Gasteiger partial charge in [0.15, 0.2) is 0 Å². The number of aromatic nitrogens is 1. The molecule has 2 aromatic rings. The average molecular weight is 314 g/mol. The van der Waals surface area contributed by atoms with E-state index >= 15 is 0 Å². The zero-order chi connectivity index (χ0) is 16.9. The van der Waals surface area contributed by atoms with Crippen molar-refractivity contribution in [3.63, 3.8) is 0 Å². The minimum absolute atomic E-state index is 0.338. The van der Waals surface area contributed by atoms with E-state index in [1.54, 1.807) is 30.5 Å². The van der Waals surface area contributed by atoms with Crippen molar-refractivity contribution >= 4 is 11.8 Å². The molecule has 1 aromatic heterocycles. The Labute approximate surface area is 136 Å². The molecule has 0 saturated heterocycles. The standard InChI is InChI=1S/C18H22N2O3/c1-18(2,3)23-17(21)20(15-9-7-11-19-12-15)13-14-8-5-6-10-16(14)22-4/h5-12H,13H2,1-4H3. The van der Waals surface area contributed by atoms with E-state index in [9.17, 15) is 4.79 Å². The molecule has 0 N–H and O–H groups in total. The first-order valence-electron chi connectivity index (χ1n) is 7.43. The molecule has 0 bridgehead atoms. The summed E-state index contributed by atoms with van der Waals surface area (Å²) < 4.78 is 10.9. The van der Waals surface area contributed by atoms with E-state index < -0.39 is 11.7 Å². The van der Waals surface area contributed by atoms with Gasteiger partial charge in [0.25, 0.3) is 0 Å². The predicted octanol–water partition coefficient (Wildman–Crippen LogP) is 4.03. The molecule has 5 nitrogen and oxygen atoms in total. The van der Waals surface area contributed by atoms with E-state index in [-0.39, 0.29) is 0 Å². The van der Waals surface area contributed by atoms with Crippen LogP contribution in [0.4, 0.5) is 10.5 Å². The number of anilines is 1.